The molecule has 6 heteroatoms. The van der Waals surface area contributed by atoms with Crippen LogP contribution in [0.2, 0.25) is 0 Å². The normalized spacial score (nSPS) is 11.0. The number of nitrogens with one attached hydrogen (secondary N) is 1. The maximum Gasteiger partial charge on any atom is 0.132 e. The molecule has 28 heavy (non-hydrogen) atoms. The number of aromatic nitrogens is 3. The summed E-state index contributed by atoms with van der Waals surface area (Å²) < 4.78 is 16.7. The van der Waals surface area contributed by atoms with Crippen LogP contribution in [0.4, 0.5) is 0 Å². The number of benzene rings is 2. The van der Waals surface area contributed by atoms with Crippen molar-refractivity contribution < 1.29 is 14.2 Å². The summed E-state index contributed by atoms with van der Waals surface area (Å²) in [5.74, 6) is 2.27. The van der Waals surface area contributed by atoms with Crippen molar-refractivity contribution in [2.24, 2.45) is 0 Å². The first-order chi connectivity index (χ1) is 13.7. The van der Waals surface area contributed by atoms with Crippen LogP contribution in [0, 0.1) is 0 Å². The maximum atomic E-state index is 5.72. The number of unbranched alkanes of at least 4 members (excludes halogenated alkanes) is 1. The molecule has 1 N–H and O–H groups in total. The highest BCUT2D eigenvalue weighted by molar-refractivity contribution is 5.84. The fourth-order valence-corrected chi connectivity index (χ4v) is 2.81. The molecule has 0 aliphatic heterocycles. The standard InChI is InChI=1S/C22H25N3O3/c1-4-5-12-28-18-10-7-16(8-11-18)6-9-17-13-19(26-2)14-21(27-3)22(17)20-15-23-25-24-20/h6-11,13-15H,4-5,12H2,1-3H3,(H,23,24,25)/b9-6+. The minimum absolute atomic E-state index is 0.674. The molecule has 0 atom stereocenters. The molecule has 3 rings (SSSR count). The Bertz CT molecular complexity index is 904. The van der Waals surface area contributed by atoms with E-state index in [-0.39, 0.29) is 0 Å². The maximum absolute atomic E-state index is 5.72. The van der Waals surface area contributed by atoms with Gasteiger partial charge in [-0.3, -0.25) is 0 Å². The topological polar surface area (TPSA) is 69.3 Å². The predicted molar refractivity (Wildman–Crippen MR) is 111 cm³/mol. The van der Waals surface area contributed by atoms with Gasteiger partial charge < -0.3 is 14.2 Å². The van der Waals surface area contributed by atoms with E-state index in [1.165, 1.54) is 0 Å². The van der Waals surface area contributed by atoms with Crippen LogP contribution in [0.25, 0.3) is 23.4 Å². The van der Waals surface area contributed by atoms with Gasteiger partial charge in [0.25, 0.3) is 0 Å². The van der Waals surface area contributed by atoms with Crippen molar-refractivity contribution in [3.05, 3.63) is 53.7 Å². The highest BCUT2D eigenvalue weighted by Crippen LogP contribution is 2.36. The molecule has 0 fully saturated rings. The quantitative estimate of drug-likeness (QED) is 0.426. The number of hydrogen-bond donors (Lipinski definition) is 1. The van der Waals surface area contributed by atoms with Crippen molar-refractivity contribution in [2.45, 2.75) is 19.8 Å². The molecule has 0 aliphatic carbocycles. The third-order valence-electron chi connectivity index (χ3n) is 4.34. The average molecular weight is 379 g/mol. The van der Waals surface area contributed by atoms with Gasteiger partial charge >= 0.3 is 0 Å². The van der Waals surface area contributed by atoms with Crippen LogP contribution >= 0.6 is 0 Å². The van der Waals surface area contributed by atoms with Crippen LogP contribution < -0.4 is 14.2 Å². The van der Waals surface area contributed by atoms with E-state index in [2.05, 4.69) is 22.3 Å². The monoisotopic (exact) mass is 379 g/mol. The third kappa shape index (κ3) is 4.71. The Morgan fingerprint density at radius 1 is 1.00 bits per heavy atom. The molecule has 0 spiro atoms. The Morgan fingerprint density at radius 3 is 2.46 bits per heavy atom. The number of aromatic amines is 1. The first-order valence-electron chi connectivity index (χ1n) is 9.28. The number of rotatable bonds is 9. The van der Waals surface area contributed by atoms with Gasteiger partial charge in [0.2, 0.25) is 0 Å². The van der Waals surface area contributed by atoms with Gasteiger partial charge in [-0.15, -0.1) is 0 Å². The van der Waals surface area contributed by atoms with Gasteiger partial charge in [0, 0.05) is 6.07 Å². The van der Waals surface area contributed by atoms with Gasteiger partial charge in [-0.05, 0) is 35.7 Å². The van der Waals surface area contributed by atoms with Crippen molar-refractivity contribution in [1.29, 1.82) is 0 Å². The summed E-state index contributed by atoms with van der Waals surface area (Å²) in [4.78, 5) is 0. The van der Waals surface area contributed by atoms with Crippen LogP contribution in [-0.2, 0) is 0 Å². The number of H-pyrrole nitrogens is 1. The van der Waals surface area contributed by atoms with Crippen molar-refractivity contribution in [2.75, 3.05) is 20.8 Å². The molecule has 2 aromatic carbocycles. The Kier molecular flexibility index (Phi) is 6.68. The van der Waals surface area contributed by atoms with Gasteiger partial charge in [0.1, 0.15) is 22.9 Å². The van der Waals surface area contributed by atoms with E-state index in [0.717, 1.165) is 41.9 Å². The van der Waals surface area contributed by atoms with E-state index >= 15 is 0 Å². The zero-order valence-corrected chi connectivity index (χ0v) is 16.4. The van der Waals surface area contributed by atoms with Gasteiger partial charge in [-0.2, -0.15) is 15.4 Å². The summed E-state index contributed by atoms with van der Waals surface area (Å²) >= 11 is 0. The molecule has 0 amide bonds. The first kappa shape index (κ1) is 19.5. The SMILES string of the molecule is CCCCOc1ccc(/C=C/c2cc(OC)cc(OC)c2-c2cn[nH]n2)cc1. The number of ether oxygens (including phenoxy) is 3. The van der Waals surface area contributed by atoms with Gasteiger partial charge in [0.05, 0.1) is 32.6 Å². The number of methoxy groups -OCH3 is 2. The van der Waals surface area contributed by atoms with Crippen molar-refractivity contribution >= 4 is 12.2 Å². The van der Waals surface area contributed by atoms with Crippen LogP contribution in [0.15, 0.2) is 42.6 Å². The van der Waals surface area contributed by atoms with Crippen LogP contribution in [0.3, 0.4) is 0 Å². The van der Waals surface area contributed by atoms with Crippen molar-refractivity contribution in [3.63, 3.8) is 0 Å². The second-order valence-corrected chi connectivity index (χ2v) is 6.25. The highest BCUT2D eigenvalue weighted by Gasteiger charge is 2.15. The van der Waals surface area contributed by atoms with E-state index < -0.39 is 0 Å². The summed E-state index contributed by atoms with van der Waals surface area (Å²) in [5.41, 5.74) is 3.55. The predicted octanol–water partition coefficient (Wildman–Crippen LogP) is 4.84. The zero-order chi connectivity index (χ0) is 19.8. The Morgan fingerprint density at radius 2 is 1.82 bits per heavy atom. The lowest BCUT2D eigenvalue weighted by atomic mass is 10.0. The summed E-state index contributed by atoms with van der Waals surface area (Å²) in [6, 6.07) is 11.8. The molecule has 0 unspecified atom stereocenters. The lowest BCUT2D eigenvalue weighted by molar-refractivity contribution is 0.309. The molecular weight excluding hydrogens is 354 g/mol. The second-order valence-electron chi connectivity index (χ2n) is 6.25. The minimum Gasteiger partial charge on any atom is -0.497 e. The molecule has 146 valence electrons. The van der Waals surface area contributed by atoms with Crippen LogP contribution in [0.5, 0.6) is 17.2 Å². The molecule has 0 bridgehead atoms. The molecule has 1 heterocycles. The fraction of sp³-hybridized carbons (Fsp3) is 0.273. The fourth-order valence-electron chi connectivity index (χ4n) is 2.81. The van der Waals surface area contributed by atoms with E-state index in [0.29, 0.717) is 17.2 Å². The van der Waals surface area contributed by atoms with Crippen LogP contribution in [0.1, 0.15) is 30.9 Å². The van der Waals surface area contributed by atoms with E-state index in [9.17, 15) is 0 Å². The Hall–Kier alpha value is -3.28. The molecular formula is C22H25N3O3. The molecule has 3 aromatic rings. The van der Waals surface area contributed by atoms with E-state index in [4.69, 9.17) is 14.2 Å². The van der Waals surface area contributed by atoms with Crippen molar-refractivity contribution in [3.8, 4) is 28.5 Å². The molecule has 0 saturated carbocycles. The van der Waals surface area contributed by atoms with Gasteiger partial charge in [-0.25, -0.2) is 0 Å². The molecule has 0 saturated heterocycles. The molecule has 1 aromatic heterocycles. The first-order valence-corrected chi connectivity index (χ1v) is 9.28. The molecule has 0 aliphatic rings. The summed E-state index contributed by atoms with van der Waals surface area (Å²) in [6.07, 6.45) is 7.91. The smallest absolute Gasteiger partial charge is 0.132 e. The number of hydrogen-bond acceptors (Lipinski definition) is 5. The average Bonchev–Trinajstić information content (AvgIpc) is 3.27. The Labute approximate surface area is 165 Å². The molecule has 0 radical (unpaired) electrons. The van der Waals surface area contributed by atoms with Gasteiger partial charge in [-0.1, -0.05) is 37.6 Å². The highest BCUT2D eigenvalue weighted by atomic mass is 16.5. The van der Waals surface area contributed by atoms with Gasteiger partial charge in [0.15, 0.2) is 0 Å². The van der Waals surface area contributed by atoms with E-state index in [1.54, 1.807) is 20.4 Å². The largest absolute Gasteiger partial charge is 0.497 e. The third-order valence-corrected chi connectivity index (χ3v) is 4.34. The second kappa shape index (κ2) is 9.60. The lowest BCUT2D eigenvalue weighted by Crippen LogP contribution is -1.96. The van der Waals surface area contributed by atoms with Crippen LogP contribution in [-0.4, -0.2) is 36.2 Å². The minimum atomic E-state index is 0.674. The molecule has 6 nitrogen and oxygen atoms in total. The lowest BCUT2D eigenvalue weighted by Gasteiger charge is -2.12. The Balaban J connectivity index is 1.88. The summed E-state index contributed by atoms with van der Waals surface area (Å²) in [5, 5.41) is 10.8. The number of nitrogens with zero attached hydrogens (tertiary/aromatic N) is 2. The zero-order valence-electron chi connectivity index (χ0n) is 16.4. The summed E-state index contributed by atoms with van der Waals surface area (Å²) in [7, 11) is 3.26. The summed E-state index contributed by atoms with van der Waals surface area (Å²) in [6.45, 7) is 2.90. The van der Waals surface area contributed by atoms with Crippen molar-refractivity contribution in [1.82, 2.24) is 15.4 Å². The van der Waals surface area contributed by atoms with E-state index in [1.807, 2.05) is 48.6 Å².